The fourth-order valence-electron chi connectivity index (χ4n) is 4.65. The first-order valence-corrected chi connectivity index (χ1v) is 27.6. The van der Waals surface area contributed by atoms with Crippen LogP contribution < -0.4 is 3.32 Å². The standard InChI is InChI=1S/C13H9.C6H7.2CH3.2ClH.Hf.H2Si/c1-3-7-12-10(5-1)9-11-6-2-4-8-13(11)12;1-6-4-2-3-5-6;;;;;;/h1-5,7-8H,9H2;2,4H,3H2,1H3;2*1H3;2*1H;;1H2. The summed E-state index contributed by atoms with van der Waals surface area (Å²) in [7, 11) is 0. The van der Waals surface area contributed by atoms with E-state index in [-0.39, 0.29) is 24.8 Å². The van der Waals surface area contributed by atoms with Crippen molar-refractivity contribution in [3.05, 3.63) is 74.6 Å². The molecule has 4 rings (SSSR count). The molecule has 0 nitrogen and oxygen atoms in total. The number of halogens is 2. The topological polar surface area (TPSA) is 0 Å². The number of allylic oxidation sites excluding steroid dienone is 4. The van der Waals surface area contributed by atoms with E-state index in [2.05, 4.69) is 77.8 Å². The van der Waals surface area contributed by atoms with Crippen molar-refractivity contribution in [2.45, 2.75) is 29.1 Å². The molecule has 25 heavy (non-hydrogen) atoms. The molecule has 2 aromatic carbocycles. The van der Waals surface area contributed by atoms with Crippen molar-refractivity contribution in [2.24, 2.45) is 0 Å². The van der Waals surface area contributed by atoms with Gasteiger partial charge in [0, 0.05) is 0 Å². The number of rotatable bonds is 2. The predicted octanol–water partition coefficient (Wildman–Crippen LogP) is 5.29. The Labute approximate surface area is 166 Å². The second kappa shape index (κ2) is 6.96. The van der Waals surface area contributed by atoms with E-state index in [1.807, 2.05) is 0 Å². The van der Waals surface area contributed by atoms with Gasteiger partial charge < -0.3 is 0 Å². The van der Waals surface area contributed by atoms with Crippen molar-refractivity contribution in [3.63, 3.8) is 0 Å². The third-order valence-corrected chi connectivity index (χ3v) is 29.5. The van der Waals surface area contributed by atoms with Gasteiger partial charge in [0.15, 0.2) is 0 Å². The average molecular weight is 556 g/mol. The van der Waals surface area contributed by atoms with E-state index in [0.717, 1.165) is 6.42 Å². The maximum Gasteiger partial charge on any atom is -0.147 e. The molecule has 4 heteroatoms. The van der Waals surface area contributed by atoms with Crippen LogP contribution in [0, 0.1) is 0 Å². The second-order valence-corrected chi connectivity index (χ2v) is 48.9. The summed E-state index contributed by atoms with van der Waals surface area (Å²) in [5.74, 6) is 0. The minimum Gasteiger partial charge on any atom is -0.147 e. The molecule has 0 saturated heterocycles. The van der Waals surface area contributed by atoms with Crippen molar-refractivity contribution in [1.29, 1.82) is 0 Å². The molecule has 132 valence electrons. The van der Waals surface area contributed by atoms with Crippen LogP contribution in [0.4, 0.5) is 0 Å². The van der Waals surface area contributed by atoms with Gasteiger partial charge in [0.25, 0.3) is 0 Å². The summed E-state index contributed by atoms with van der Waals surface area (Å²) in [5, 5.41) is 0. The summed E-state index contributed by atoms with van der Waals surface area (Å²) in [6.07, 6.45) is 6.99. The Hall–Kier alpha value is -0.413. The van der Waals surface area contributed by atoms with Crippen LogP contribution in [0.15, 0.2) is 63.5 Å². The summed E-state index contributed by atoms with van der Waals surface area (Å²) >= 11 is -3.22. The van der Waals surface area contributed by atoms with Gasteiger partial charge in [-0.05, 0) is 0 Å². The molecule has 0 heterocycles. The predicted molar refractivity (Wildman–Crippen MR) is 116 cm³/mol. The fraction of sp³-hybridized carbons (Fsp3) is 0.238. The molecule has 0 amide bonds. The van der Waals surface area contributed by atoms with E-state index in [0.29, 0.717) is 0 Å². The maximum absolute atomic E-state index is 3.22. The minimum absolute atomic E-state index is 0. The molecule has 0 fully saturated rings. The third-order valence-electron chi connectivity index (χ3n) is 5.85. The van der Waals surface area contributed by atoms with Crippen molar-refractivity contribution in [1.82, 2.24) is 0 Å². The van der Waals surface area contributed by atoms with Gasteiger partial charge in [0.05, 0.1) is 0 Å². The van der Waals surface area contributed by atoms with Crippen LogP contribution >= 0.6 is 24.8 Å². The molecule has 0 radical (unpaired) electrons. The van der Waals surface area contributed by atoms with Crippen LogP contribution in [0.25, 0.3) is 11.1 Å². The third kappa shape index (κ3) is 3.20. The summed E-state index contributed by atoms with van der Waals surface area (Å²) in [5.41, 5.74) is 7.60. The zero-order chi connectivity index (χ0) is 16.3. The maximum atomic E-state index is 2.64. The van der Waals surface area contributed by atoms with E-state index in [4.69, 9.17) is 0 Å². The van der Waals surface area contributed by atoms with Gasteiger partial charge in [-0.25, -0.2) is 0 Å². The molecule has 0 atom stereocenters. The van der Waals surface area contributed by atoms with E-state index in [9.17, 15) is 0 Å². The Morgan fingerprint density at radius 1 is 0.920 bits per heavy atom. The molecule has 0 aromatic heterocycles. The summed E-state index contributed by atoms with van der Waals surface area (Å²) in [6.45, 7) is 4.68. The first kappa shape index (κ1) is 20.9. The molecule has 2 aliphatic carbocycles. The van der Waals surface area contributed by atoms with Gasteiger partial charge in [0.1, 0.15) is 0 Å². The normalized spacial score (nSPS) is 15.4. The van der Waals surface area contributed by atoms with Gasteiger partial charge in [-0.2, -0.15) is 0 Å². The Kier molecular flexibility index (Phi) is 5.81. The van der Waals surface area contributed by atoms with Crippen LogP contribution in [0.3, 0.4) is 0 Å². The largest absolute Gasteiger partial charge is 0.147 e. The number of fused-ring (bicyclic) bond motifs is 3. The van der Waals surface area contributed by atoms with Gasteiger partial charge in [-0.1, -0.05) is 0 Å². The molecule has 2 aromatic rings. The van der Waals surface area contributed by atoms with Crippen LogP contribution in [0.1, 0.15) is 24.5 Å². The van der Waals surface area contributed by atoms with Crippen LogP contribution in [0.2, 0.25) is 9.36 Å². The Morgan fingerprint density at radius 3 is 2.28 bits per heavy atom. The number of hydrogen-bond donors (Lipinski definition) is 0. The smallest absolute Gasteiger partial charge is 0.147 e. The van der Waals surface area contributed by atoms with E-state index in [1.165, 1.54) is 28.7 Å². The van der Waals surface area contributed by atoms with Gasteiger partial charge >= 0.3 is 142 Å². The number of benzene rings is 2. The summed E-state index contributed by atoms with van der Waals surface area (Å²) < 4.78 is 8.77. The minimum atomic E-state index is -3.22. The zero-order valence-electron chi connectivity index (χ0n) is 15.1. The molecule has 0 unspecified atom stereocenters. The fourth-order valence-corrected chi connectivity index (χ4v) is 26.2. The molecular weight excluding hydrogens is 530 g/mol. The van der Waals surface area contributed by atoms with Crippen molar-refractivity contribution < 1.29 is 17.1 Å². The molecular formula is C21H26Cl2HfSi. The Balaban J connectivity index is 0.00000113. The quantitative estimate of drug-likeness (QED) is 0.377. The van der Waals surface area contributed by atoms with Crippen LogP contribution in [-0.4, -0.2) is 6.94 Å². The van der Waals surface area contributed by atoms with E-state index >= 15 is 0 Å². The second-order valence-electron chi connectivity index (χ2n) is 8.12. The van der Waals surface area contributed by atoms with Crippen LogP contribution in [0.5, 0.6) is 0 Å². The van der Waals surface area contributed by atoms with E-state index < -0.39 is 17.1 Å². The molecule has 0 bridgehead atoms. The molecule has 0 saturated carbocycles. The SMILES string of the molecule is CC1=[C]([Hf]([CH3])([CH3])(=[SiH2])[c]2cccc3c2Cc2ccccc2-3)CC=C1.Cl.Cl. The van der Waals surface area contributed by atoms with E-state index in [1.54, 1.807) is 12.2 Å². The Bertz CT molecular complexity index is 964. The van der Waals surface area contributed by atoms with Crippen molar-refractivity contribution >= 4 is 35.1 Å². The zero-order valence-corrected chi connectivity index (χ0v) is 21.8. The molecule has 0 N–H and O–H groups in total. The molecule has 2 aliphatic rings. The molecule has 0 spiro atoms. The monoisotopic (exact) mass is 556 g/mol. The van der Waals surface area contributed by atoms with Crippen molar-refractivity contribution in [2.75, 3.05) is 0 Å². The van der Waals surface area contributed by atoms with Gasteiger partial charge in [-0.3, -0.25) is 0 Å². The Morgan fingerprint density at radius 2 is 1.60 bits per heavy atom. The van der Waals surface area contributed by atoms with Crippen molar-refractivity contribution in [3.8, 4) is 11.1 Å². The number of hydrogen-bond acceptors (Lipinski definition) is 0. The molecule has 0 aliphatic heterocycles. The summed E-state index contributed by atoms with van der Waals surface area (Å²) in [6, 6.07) is 16.0. The average Bonchev–Trinajstić information content (AvgIpc) is 3.10. The van der Waals surface area contributed by atoms with Gasteiger partial charge in [-0.15, -0.1) is 24.8 Å². The first-order valence-electron chi connectivity index (χ1n) is 8.52. The van der Waals surface area contributed by atoms with Gasteiger partial charge in [0.2, 0.25) is 0 Å². The van der Waals surface area contributed by atoms with Crippen LogP contribution in [-0.2, 0) is 23.5 Å². The summed E-state index contributed by atoms with van der Waals surface area (Å²) in [4.78, 5) is 0. The first-order chi connectivity index (χ1) is 10.9.